The van der Waals surface area contributed by atoms with E-state index in [-0.39, 0.29) is 29.5 Å². The summed E-state index contributed by atoms with van der Waals surface area (Å²) in [6.45, 7) is 10.5. The quantitative estimate of drug-likeness (QED) is 0.622. The highest BCUT2D eigenvalue weighted by atomic mass is 16.5. The fourth-order valence-electron chi connectivity index (χ4n) is 3.34. The summed E-state index contributed by atoms with van der Waals surface area (Å²) in [5, 5.41) is 11.0. The van der Waals surface area contributed by atoms with E-state index in [0.29, 0.717) is 0 Å². The lowest BCUT2D eigenvalue weighted by Crippen LogP contribution is -2.61. The fraction of sp³-hybridized carbons (Fsp3) is 0.846. The van der Waals surface area contributed by atoms with Gasteiger partial charge in [0.05, 0.1) is 17.8 Å². The molecule has 0 aromatic heterocycles. The third-order valence-electron chi connectivity index (χ3n) is 4.38. The summed E-state index contributed by atoms with van der Waals surface area (Å²) in [5.41, 5.74) is -0.762. The molecule has 0 spiro atoms. The minimum atomic E-state index is -0.649. The average Bonchev–Trinajstić information content (AvgIpc) is 2.56. The Labute approximate surface area is 92.3 Å². The summed E-state index contributed by atoms with van der Waals surface area (Å²) < 4.78 is 5.84. The van der Waals surface area contributed by atoms with Gasteiger partial charge in [0, 0.05) is 11.8 Å². The van der Waals surface area contributed by atoms with Crippen LogP contribution in [0.2, 0.25) is 0 Å². The van der Waals surface area contributed by atoms with Gasteiger partial charge in [0.25, 0.3) is 0 Å². The molecule has 15 heavy (non-hydrogen) atoms. The van der Waals surface area contributed by atoms with Crippen LogP contribution in [-0.2, 0) is 4.74 Å². The maximum atomic E-state index is 11.0. The molecule has 0 aromatic rings. The average molecular weight is 210 g/mol. The molecule has 0 saturated carbocycles. The van der Waals surface area contributed by atoms with E-state index in [2.05, 4.69) is 46.8 Å². The standard InChI is InChI=1S/C13H22O2/c1-8-10-6-7-11(15-10)9(2)13(8,14)12(3,4)5/h6-11,14H,1-5H3/t8-,9?,10?,11?,13?/m0/s1. The first-order valence-corrected chi connectivity index (χ1v) is 5.84. The van der Waals surface area contributed by atoms with E-state index in [4.69, 9.17) is 4.74 Å². The predicted octanol–water partition coefficient (Wildman–Crippen LogP) is 2.37. The van der Waals surface area contributed by atoms with Crippen LogP contribution in [0.3, 0.4) is 0 Å². The number of rotatable bonds is 0. The second-order valence-corrected chi connectivity index (χ2v) is 6.10. The smallest absolute Gasteiger partial charge is 0.0818 e. The van der Waals surface area contributed by atoms with Crippen LogP contribution in [0.25, 0.3) is 0 Å². The zero-order valence-corrected chi connectivity index (χ0v) is 10.3. The van der Waals surface area contributed by atoms with Crippen LogP contribution in [0.5, 0.6) is 0 Å². The third-order valence-corrected chi connectivity index (χ3v) is 4.38. The van der Waals surface area contributed by atoms with E-state index < -0.39 is 5.60 Å². The minimum absolute atomic E-state index is 0.0930. The predicted molar refractivity (Wildman–Crippen MR) is 60.5 cm³/mol. The van der Waals surface area contributed by atoms with Gasteiger partial charge in [0.15, 0.2) is 0 Å². The van der Waals surface area contributed by atoms with Gasteiger partial charge >= 0.3 is 0 Å². The van der Waals surface area contributed by atoms with E-state index in [9.17, 15) is 5.11 Å². The Hall–Kier alpha value is -0.340. The van der Waals surface area contributed by atoms with Crippen LogP contribution in [0.1, 0.15) is 34.6 Å². The Morgan fingerprint density at radius 1 is 1.07 bits per heavy atom. The van der Waals surface area contributed by atoms with Gasteiger partial charge in [0.1, 0.15) is 0 Å². The zero-order chi connectivity index (χ0) is 11.4. The molecule has 2 heterocycles. The molecule has 2 aliphatic heterocycles. The highest BCUT2D eigenvalue weighted by Crippen LogP contribution is 2.51. The number of hydrogen-bond acceptors (Lipinski definition) is 2. The Morgan fingerprint density at radius 3 is 1.80 bits per heavy atom. The Bertz CT molecular complexity index is 269. The van der Waals surface area contributed by atoms with Gasteiger partial charge in [-0.25, -0.2) is 0 Å². The van der Waals surface area contributed by atoms with Crippen molar-refractivity contribution in [1.82, 2.24) is 0 Å². The molecule has 2 nitrogen and oxygen atoms in total. The Kier molecular flexibility index (Phi) is 2.29. The van der Waals surface area contributed by atoms with Gasteiger partial charge in [-0.2, -0.15) is 0 Å². The van der Waals surface area contributed by atoms with Gasteiger partial charge in [0.2, 0.25) is 0 Å². The highest BCUT2D eigenvalue weighted by Gasteiger charge is 2.57. The number of hydrogen-bond donors (Lipinski definition) is 1. The van der Waals surface area contributed by atoms with E-state index in [1.165, 1.54) is 0 Å². The topological polar surface area (TPSA) is 29.5 Å². The molecule has 2 bridgehead atoms. The van der Waals surface area contributed by atoms with Gasteiger partial charge in [-0.1, -0.05) is 46.8 Å². The zero-order valence-electron chi connectivity index (χ0n) is 10.3. The van der Waals surface area contributed by atoms with Crippen molar-refractivity contribution in [3.63, 3.8) is 0 Å². The van der Waals surface area contributed by atoms with Crippen molar-refractivity contribution in [1.29, 1.82) is 0 Å². The molecule has 1 fully saturated rings. The van der Waals surface area contributed by atoms with Crippen molar-refractivity contribution < 1.29 is 9.84 Å². The fourth-order valence-corrected chi connectivity index (χ4v) is 3.34. The lowest BCUT2D eigenvalue weighted by molar-refractivity contribution is -0.225. The van der Waals surface area contributed by atoms with Crippen molar-refractivity contribution >= 4 is 0 Å². The Morgan fingerprint density at radius 2 is 1.47 bits per heavy atom. The van der Waals surface area contributed by atoms with Crippen molar-refractivity contribution in [2.75, 3.05) is 0 Å². The first kappa shape index (κ1) is 11.2. The molecule has 0 amide bonds. The minimum Gasteiger partial charge on any atom is -0.389 e. The normalized spacial score (nSPS) is 49.7. The second kappa shape index (κ2) is 3.08. The largest absolute Gasteiger partial charge is 0.389 e. The molecule has 2 heteroatoms. The van der Waals surface area contributed by atoms with Crippen molar-refractivity contribution in [3.05, 3.63) is 12.2 Å². The van der Waals surface area contributed by atoms with Crippen LogP contribution < -0.4 is 0 Å². The van der Waals surface area contributed by atoms with E-state index in [1.54, 1.807) is 0 Å². The molecule has 0 aliphatic carbocycles. The summed E-state index contributed by atoms with van der Waals surface area (Å²) in [5.74, 6) is 0.310. The number of ether oxygens (including phenoxy) is 1. The van der Waals surface area contributed by atoms with Crippen LogP contribution in [-0.4, -0.2) is 22.9 Å². The van der Waals surface area contributed by atoms with Gasteiger partial charge in [-0.3, -0.25) is 0 Å². The van der Waals surface area contributed by atoms with E-state index >= 15 is 0 Å². The van der Waals surface area contributed by atoms with E-state index in [0.717, 1.165) is 0 Å². The van der Waals surface area contributed by atoms with Crippen molar-refractivity contribution in [2.45, 2.75) is 52.4 Å². The molecule has 4 unspecified atom stereocenters. The molecule has 5 atom stereocenters. The molecule has 0 radical (unpaired) electrons. The number of fused-ring (bicyclic) bond motifs is 2. The molecular weight excluding hydrogens is 188 g/mol. The Balaban J connectivity index is 2.41. The molecule has 2 aliphatic rings. The second-order valence-electron chi connectivity index (χ2n) is 6.10. The summed E-state index contributed by atoms with van der Waals surface area (Å²) in [4.78, 5) is 0. The monoisotopic (exact) mass is 210 g/mol. The van der Waals surface area contributed by atoms with Crippen LogP contribution in [0.4, 0.5) is 0 Å². The number of aliphatic hydroxyl groups is 1. The van der Waals surface area contributed by atoms with Gasteiger partial charge in [-0.15, -0.1) is 0 Å². The van der Waals surface area contributed by atoms with Crippen LogP contribution in [0.15, 0.2) is 12.2 Å². The lowest BCUT2D eigenvalue weighted by atomic mass is 9.60. The SMILES string of the molecule is CC1C2C=CC(O2)[C@H](C)C1(O)C(C)(C)C. The van der Waals surface area contributed by atoms with E-state index in [1.807, 2.05) is 0 Å². The van der Waals surface area contributed by atoms with Gasteiger partial charge < -0.3 is 9.84 Å². The molecule has 0 aromatic carbocycles. The maximum Gasteiger partial charge on any atom is 0.0818 e. The van der Waals surface area contributed by atoms with Crippen molar-refractivity contribution in [2.24, 2.45) is 17.3 Å². The lowest BCUT2D eigenvalue weighted by Gasteiger charge is -2.54. The maximum absolute atomic E-state index is 11.0. The van der Waals surface area contributed by atoms with Crippen LogP contribution >= 0.6 is 0 Å². The summed E-state index contributed by atoms with van der Waals surface area (Å²) in [6.07, 6.45) is 4.40. The molecule has 1 N–H and O–H groups in total. The molecule has 2 rings (SSSR count). The first-order valence-electron chi connectivity index (χ1n) is 5.84. The molecule has 1 saturated heterocycles. The molecular formula is C13H22O2. The first-order chi connectivity index (χ1) is 6.78. The highest BCUT2D eigenvalue weighted by molar-refractivity contribution is 5.18. The van der Waals surface area contributed by atoms with Crippen LogP contribution in [0, 0.1) is 17.3 Å². The summed E-state index contributed by atoms with van der Waals surface area (Å²) in [7, 11) is 0. The van der Waals surface area contributed by atoms with Gasteiger partial charge in [-0.05, 0) is 5.41 Å². The third kappa shape index (κ3) is 1.31. The summed E-state index contributed by atoms with van der Waals surface area (Å²) >= 11 is 0. The summed E-state index contributed by atoms with van der Waals surface area (Å²) in [6, 6.07) is 0. The van der Waals surface area contributed by atoms with Crippen molar-refractivity contribution in [3.8, 4) is 0 Å². The molecule has 86 valence electrons.